The van der Waals surface area contributed by atoms with Gasteiger partial charge in [-0.1, -0.05) is 31.2 Å². The van der Waals surface area contributed by atoms with Gasteiger partial charge in [0.2, 0.25) is 5.91 Å². The first-order valence-electron chi connectivity index (χ1n) is 7.84. The van der Waals surface area contributed by atoms with Crippen molar-refractivity contribution in [2.45, 2.75) is 20.3 Å². The molecule has 0 atom stereocenters. The second kappa shape index (κ2) is 7.88. The zero-order valence-electron chi connectivity index (χ0n) is 14.3. The average Bonchev–Trinajstić information content (AvgIpc) is 3.01. The van der Waals surface area contributed by atoms with Crippen molar-refractivity contribution in [3.05, 3.63) is 40.2 Å². The molecule has 5 nitrogen and oxygen atoms in total. The number of carbonyl (C=O) groups is 1. The molecular formula is C18H24N2O3S. The third-order valence-electron chi connectivity index (χ3n) is 4.03. The first-order chi connectivity index (χ1) is 11.4. The first-order valence-corrected chi connectivity index (χ1v) is 8.72. The summed E-state index contributed by atoms with van der Waals surface area (Å²) < 4.78 is 0. The van der Waals surface area contributed by atoms with Crippen LogP contribution in [0.5, 0.6) is 0 Å². The highest BCUT2D eigenvalue weighted by molar-refractivity contribution is 7.09. The van der Waals surface area contributed by atoms with Gasteiger partial charge >= 0.3 is 0 Å². The lowest BCUT2D eigenvalue weighted by Gasteiger charge is -2.30. The molecule has 2 aromatic rings. The van der Waals surface area contributed by atoms with Crippen molar-refractivity contribution < 1.29 is 15.0 Å². The highest BCUT2D eigenvalue weighted by atomic mass is 32.1. The van der Waals surface area contributed by atoms with Crippen molar-refractivity contribution >= 4 is 17.2 Å². The van der Waals surface area contributed by atoms with Crippen LogP contribution in [-0.2, 0) is 11.2 Å². The molecular weight excluding hydrogens is 324 g/mol. The maximum atomic E-state index is 12.3. The third-order valence-corrected chi connectivity index (χ3v) is 4.81. The van der Waals surface area contributed by atoms with Crippen LogP contribution in [0.25, 0.3) is 11.3 Å². The largest absolute Gasteiger partial charge is 0.396 e. The third kappa shape index (κ3) is 4.63. The van der Waals surface area contributed by atoms with Crippen LogP contribution in [0.15, 0.2) is 29.6 Å². The molecule has 0 spiro atoms. The highest BCUT2D eigenvalue weighted by Crippen LogP contribution is 2.22. The minimum atomic E-state index is -0.684. The second-order valence-electron chi connectivity index (χ2n) is 6.50. The SMILES string of the molecule is Cc1nc(-c2ccc(CC(=O)N(C)CC(C)(CO)CO)cc2)cs1. The van der Waals surface area contributed by atoms with Gasteiger partial charge in [0.25, 0.3) is 0 Å². The standard InChI is InChI=1S/C18H24N2O3S/c1-13-19-16(9-24-13)15-6-4-14(5-7-15)8-17(23)20(3)10-18(2,11-21)12-22/h4-7,9,21-22H,8,10-12H2,1-3H3. The van der Waals surface area contributed by atoms with Crippen molar-refractivity contribution in [1.82, 2.24) is 9.88 Å². The highest BCUT2D eigenvalue weighted by Gasteiger charge is 2.26. The van der Waals surface area contributed by atoms with E-state index >= 15 is 0 Å². The van der Waals surface area contributed by atoms with Gasteiger partial charge in [0.1, 0.15) is 0 Å². The predicted molar refractivity (Wildman–Crippen MR) is 95.9 cm³/mol. The van der Waals surface area contributed by atoms with Crippen LogP contribution in [0.2, 0.25) is 0 Å². The minimum absolute atomic E-state index is 0.0413. The molecule has 2 N–H and O–H groups in total. The van der Waals surface area contributed by atoms with Crippen molar-refractivity contribution in [1.29, 1.82) is 0 Å². The van der Waals surface area contributed by atoms with Crippen LogP contribution in [0, 0.1) is 12.3 Å². The van der Waals surface area contributed by atoms with Crippen LogP contribution >= 0.6 is 11.3 Å². The number of aromatic nitrogens is 1. The van der Waals surface area contributed by atoms with E-state index in [9.17, 15) is 15.0 Å². The summed E-state index contributed by atoms with van der Waals surface area (Å²) in [7, 11) is 1.69. The van der Waals surface area contributed by atoms with Crippen molar-refractivity contribution in [3.8, 4) is 11.3 Å². The Bertz CT molecular complexity index is 678. The molecule has 130 valence electrons. The summed E-state index contributed by atoms with van der Waals surface area (Å²) in [6.45, 7) is 3.71. The van der Waals surface area contributed by atoms with E-state index in [0.29, 0.717) is 13.0 Å². The normalized spacial score (nSPS) is 11.5. The van der Waals surface area contributed by atoms with Crippen molar-refractivity contribution in [2.75, 3.05) is 26.8 Å². The number of aryl methyl sites for hydroxylation is 1. The number of hydrogen-bond donors (Lipinski definition) is 2. The number of amides is 1. The predicted octanol–water partition coefficient (Wildman–Crippen LogP) is 2.11. The lowest BCUT2D eigenvalue weighted by Crippen LogP contribution is -2.42. The number of thiazole rings is 1. The number of likely N-dealkylation sites (N-methyl/N-ethyl adjacent to an activating group) is 1. The zero-order valence-corrected chi connectivity index (χ0v) is 15.1. The van der Waals surface area contributed by atoms with E-state index in [0.717, 1.165) is 21.8 Å². The van der Waals surface area contributed by atoms with E-state index in [1.54, 1.807) is 30.2 Å². The fourth-order valence-electron chi connectivity index (χ4n) is 2.41. The van der Waals surface area contributed by atoms with Gasteiger partial charge in [0.15, 0.2) is 0 Å². The quantitative estimate of drug-likeness (QED) is 0.804. The Kier molecular flexibility index (Phi) is 6.10. The molecule has 1 amide bonds. The molecule has 0 aliphatic rings. The van der Waals surface area contributed by atoms with Crippen molar-refractivity contribution in [2.24, 2.45) is 5.41 Å². The molecule has 0 saturated carbocycles. The van der Waals surface area contributed by atoms with E-state index in [1.807, 2.05) is 36.6 Å². The van der Waals surface area contributed by atoms with Crippen LogP contribution in [0.3, 0.4) is 0 Å². The van der Waals surface area contributed by atoms with E-state index in [1.165, 1.54) is 0 Å². The van der Waals surface area contributed by atoms with Gasteiger partial charge in [-0.25, -0.2) is 4.98 Å². The lowest BCUT2D eigenvalue weighted by atomic mass is 9.92. The number of benzene rings is 1. The molecule has 0 saturated heterocycles. The van der Waals surface area contributed by atoms with Gasteiger partial charge in [-0.15, -0.1) is 11.3 Å². The number of aliphatic hydroxyl groups excluding tert-OH is 2. The van der Waals surface area contributed by atoms with E-state index in [-0.39, 0.29) is 19.1 Å². The Morgan fingerprint density at radius 1 is 1.25 bits per heavy atom. The van der Waals surface area contributed by atoms with E-state index < -0.39 is 5.41 Å². The van der Waals surface area contributed by atoms with Crippen LogP contribution < -0.4 is 0 Å². The molecule has 0 radical (unpaired) electrons. The Hall–Kier alpha value is -1.76. The first kappa shape index (κ1) is 18.6. The van der Waals surface area contributed by atoms with Crippen LogP contribution in [-0.4, -0.2) is 52.8 Å². The van der Waals surface area contributed by atoms with Crippen molar-refractivity contribution in [3.63, 3.8) is 0 Å². The molecule has 0 fully saturated rings. The monoisotopic (exact) mass is 348 g/mol. The summed E-state index contributed by atoms with van der Waals surface area (Å²) in [5.74, 6) is -0.0413. The lowest BCUT2D eigenvalue weighted by molar-refractivity contribution is -0.131. The molecule has 0 aliphatic heterocycles. The maximum absolute atomic E-state index is 12.3. The Balaban J connectivity index is 1.99. The van der Waals surface area contributed by atoms with E-state index in [4.69, 9.17) is 0 Å². The van der Waals surface area contributed by atoms with Gasteiger partial charge in [-0.2, -0.15) is 0 Å². The minimum Gasteiger partial charge on any atom is -0.396 e. The van der Waals surface area contributed by atoms with E-state index in [2.05, 4.69) is 4.98 Å². The molecule has 2 rings (SSSR count). The van der Waals surface area contributed by atoms with Gasteiger partial charge in [0.05, 0.1) is 30.3 Å². The summed E-state index contributed by atoms with van der Waals surface area (Å²) in [6, 6.07) is 7.82. The van der Waals surface area contributed by atoms with Crippen LogP contribution in [0.1, 0.15) is 17.5 Å². The summed E-state index contributed by atoms with van der Waals surface area (Å²) >= 11 is 1.61. The van der Waals surface area contributed by atoms with Gasteiger partial charge in [-0.05, 0) is 12.5 Å². The number of aliphatic hydroxyl groups is 2. The number of hydrogen-bond acceptors (Lipinski definition) is 5. The zero-order chi connectivity index (χ0) is 17.7. The summed E-state index contributed by atoms with van der Waals surface area (Å²) in [5.41, 5.74) is 2.24. The summed E-state index contributed by atoms with van der Waals surface area (Å²) in [4.78, 5) is 18.3. The molecule has 1 heterocycles. The van der Waals surface area contributed by atoms with Gasteiger partial charge in [0, 0.05) is 30.0 Å². The Morgan fingerprint density at radius 3 is 2.38 bits per heavy atom. The topological polar surface area (TPSA) is 73.7 Å². The molecule has 0 bridgehead atoms. The average molecular weight is 348 g/mol. The molecule has 1 aromatic heterocycles. The van der Waals surface area contributed by atoms with Gasteiger partial charge < -0.3 is 15.1 Å². The maximum Gasteiger partial charge on any atom is 0.226 e. The number of carbonyl (C=O) groups excluding carboxylic acids is 1. The molecule has 6 heteroatoms. The fourth-order valence-corrected chi connectivity index (χ4v) is 3.03. The molecule has 0 unspecified atom stereocenters. The second-order valence-corrected chi connectivity index (χ2v) is 7.56. The number of rotatable bonds is 7. The van der Waals surface area contributed by atoms with Crippen LogP contribution in [0.4, 0.5) is 0 Å². The Morgan fingerprint density at radius 2 is 1.88 bits per heavy atom. The molecule has 24 heavy (non-hydrogen) atoms. The smallest absolute Gasteiger partial charge is 0.226 e. The Labute approximate surface area is 146 Å². The molecule has 0 aliphatic carbocycles. The molecule has 1 aromatic carbocycles. The summed E-state index contributed by atoms with van der Waals surface area (Å²) in [5, 5.41) is 21.7. The van der Waals surface area contributed by atoms with Gasteiger partial charge in [-0.3, -0.25) is 4.79 Å². The summed E-state index contributed by atoms with van der Waals surface area (Å²) in [6.07, 6.45) is 0.291. The number of nitrogens with zero attached hydrogens (tertiary/aromatic N) is 2. The fraction of sp³-hybridized carbons (Fsp3) is 0.444.